The lowest BCUT2D eigenvalue weighted by molar-refractivity contribution is -0.118. The first kappa shape index (κ1) is 15.8. The summed E-state index contributed by atoms with van der Waals surface area (Å²) in [6.07, 6.45) is 3.29. The first-order chi connectivity index (χ1) is 12.7. The second-order valence-corrected chi connectivity index (χ2v) is 5.80. The van der Waals surface area contributed by atoms with E-state index in [2.05, 4.69) is 20.4 Å². The Labute approximate surface area is 149 Å². The van der Waals surface area contributed by atoms with Crippen LogP contribution in [-0.2, 0) is 11.3 Å². The molecule has 1 amide bonds. The number of nitrogens with two attached hydrogens (primary N) is 1. The van der Waals surface area contributed by atoms with Gasteiger partial charge in [-0.15, -0.1) is 0 Å². The van der Waals surface area contributed by atoms with Crippen LogP contribution in [0.4, 0.5) is 11.6 Å². The number of para-hydroxylation sites is 1. The highest BCUT2D eigenvalue weighted by Gasteiger charge is 2.10. The van der Waals surface area contributed by atoms with Gasteiger partial charge in [-0.2, -0.15) is 5.10 Å². The fourth-order valence-corrected chi connectivity index (χ4v) is 2.75. The zero-order chi connectivity index (χ0) is 17.9. The van der Waals surface area contributed by atoms with Crippen molar-refractivity contribution in [2.24, 2.45) is 5.73 Å². The van der Waals surface area contributed by atoms with Crippen molar-refractivity contribution in [2.75, 3.05) is 5.32 Å². The van der Waals surface area contributed by atoms with Gasteiger partial charge in [0.2, 0.25) is 11.9 Å². The Hall–Kier alpha value is -3.74. The fourth-order valence-electron chi connectivity index (χ4n) is 2.75. The van der Waals surface area contributed by atoms with Crippen molar-refractivity contribution >= 4 is 28.4 Å². The minimum atomic E-state index is -0.451. The molecule has 2 heterocycles. The highest BCUT2D eigenvalue weighted by molar-refractivity contribution is 5.93. The van der Waals surface area contributed by atoms with Crippen LogP contribution in [-0.4, -0.2) is 25.7 Å². The van der Waals surface area contributed by atoms with Crippen molar-refractivity contribution < 1.29 is 4.79 Å². The van der Waals surface area contributed by atoms with Crippen molar-refractivity contribution in [3.63, 3.8) is 0 Å². The monoisotopic (exact) mass is 344 g/mol. The molecule has 0 aliphatic carbocycles. The lowest BCUT2D eigenvalue weighted by Crippen LogP contribution is -2.18. The van der Waals surface area contributed by atoms with Crippen molar-refractivity contribution in [2.45, 2.75) is 6.54 Å². The maximum atomic E-state index is 11.0. The second kappa shape index (κ2) is 6.64. The number of carbonyl (C=O) groups is 1. The molecule has 7 heteroatoms. The third-order valence-electron chi connectivity index (χ3n) is 3.86. The van der Waals surface area contributed by atoms with Gasteiger partial charge in [-0.3, -0.25) is 9.48 Å². The fraction of sp³-hybridized carbons (Fsp3) is 0.0526. The molecule has 2 aromatic heterocycles. The van der Waals surface area contributed by atoms with Gasteiger partial charge in [-0.05, 0) is 6.07 Å². The zero-order valence-electron chi connectivity index (χ0n) is 13.8. The number of anilines is 2. The molecule has 128 valence electrons. The Bertz CT molecular complexity index is 1070. The van der Waals surface area contributed by atoms with Crippen LogP contribution in [0.5, 0.6) is 0 Å². The Morgan fingerprint density at radius 1 is 1.04 bits per heavy atom. The molecule has 26 heavy (non-hydrogen) atoms. The highest BCUT2D eigenvalue weighted by atomic mass is 16.1. The average Bonchev–Trinajstić information content (AvgIpc) is 3.08. The summed E-state index contributed by atoms with van der Waals surface area (Å²) in [5, 5.41) is 8.22. The maximum absolute atomic E-state index is 11.0. The smallest absolute Gasteiger partial charge is 0.239 e. The number of primary amides is 1. The molecule has 3 N–H and O–H groups in total. The number of benzene rings is 2. The molecule has 4 rings (SSSR count). The Kier molecular flexibility index (Phi) is 4.03. The Balaban J connectivity index is 1.74. The third-order valence-corrected chi connectivity index (χ3v) is 3.86. The van der Waals surface area contributed by atoms with Gasteiger partial charge in [0.1, 0.15) is 6.54 Å². The minimum Gasteiger partial charge on any atom is -0.368 e. The molecule has 0 spiro atoms. The van der Waals surface area contributed by atoms with Gasteiger partial charge in [0.15, 0.2) is 0 Å². The van der Waals surface area contributed by atoms with E-state index in [4.69, 9.17) is 5.73 Å². The first-order valence-corrected chi connectivity index (χ1v) is 8.09. The molecule has 7 nitrogen and oxygen atoms in total. The molecular weight excluding hydrogens is 328 g/mol. The summed E-state index contributed by atoms with van der Waals surface area (Å²) in [6, 6.07) is 17.8. The standard InChI is InChI=1S/C19H16N6O/c20-17(26)12-25-11-14(10-21-25)22-19-23-16-9-5-4-8-15(16)18(24-19)13-6-2-1-3-7-13/h1-11H,12H2,(H2,20,26)(H,22,23,24). The van der Waals surface area contributed by atoms with Crippen LogP contribution in [0.2, 0.25) is 0 Å². The van der Waals surface area contributed by atoms with Crippen LogP contribution in [0, 0.1) is 0 Å². The first-order valence-electron chi connectivity index (χ1n) is 8.09. The van der Waals surface area contributed by atoms with E-state index in [0.29, 0.717) is 11.6 Å². The lowest BCUT2D eigenvalue weighted by atomic mass is 10.1. The van der Waals surface area contributed by atoms with Crippen molar-refractivity contribution in [1.82, 2.24) is 19.7 Å². The van der Waals surface area contributed by atoms with E-state index in [0.717, 1.165) is 22.2 Å². The van der Waals surface area contributed by atoms with Crippen LogP contribution in [0.25, 0.3) is 22.2 Å². The number of rotatable bonds is 5. The summed E-state index contributed by atoms with van der Waals surface area (Å²) >= 11 is 0. The second-order valence-electron chi connectivity index (χ2n) is 5.80. The van der Waals surface area contributed by atoms with Crippen LogP contribution in [0.1, 0.15) is 0 Å². The number of amides is 1. The molecule has 0 aliphatic rings. The van der Waals surface area contributed by atoms with Gasteiger partial charge >= 0.3 is 0 Å². The van der Waals surface area contributed by atoms with E-state index in [-0.39, 0.29) is 6.54 Å². The van der Waals surface area contributed by atoms with Gasteiger partial charge in [0, 0.05) is 17.1 Å². The predicted molar refractivity (Wildman–Crippen MR) is 99.7 cm³/mol. The van der Waals surface area contributed by atoms with Gasteiger partial charge in [0.05, 0.1) is 23.1 Å². The molecule has 0 fully saturated rings. The van der Waals surface area contributed by atoms with E-state index < -0.39 is 5.91 Å². The summed E-state index contributed by atoms with van der Waals surface area (Å²) in [7, 11) is 0. The van der Waals surface area contributed by atoms with Gasteiger partial charge < -0.3 is 11.1 Å². The Morgan fingerprint density at radius 2 is 1.81 bits per heavy atom. The molecular formula is C19H16N6O. The van der Waals surface area contributed by atoms with E-state index in [1.54, 1.807) is 12.4 Å². The number of aromatic nitrogens is 4. The maximum Gasteiger partial charge on any atom is 0.239 e. The summed E-state index contributed by atoms with van der Waals surface area (Å²) in [6.45, 7) is 0.0233. The lowest BCUT2D eigenvalue weighted by Gasteiger charge is -2.09. The number of nitrogens with zero attached hydrogens (tertiary/aromatic N) is 4. The number of fused-ring (bicyclic) bond motifs is 1. The van der Waals surface area contributed by atoms with Crippen LogP contribution >= 0.6 is 0 Å². The zero-order valence-corrected chi connectivity index (χ0v) is 13.8. The third kappa shape index (κ3) is 3.23. The topological polar surface area (TPSA) is 98.7 Å². The summed E-state index contributed by atoms with van der Waals surface area (Å²) in [5.74, 6) is 0.00847. The van der Waals surface area contributed by atoms with Crippen molar-refractivity contribution in [1.29, 1.82) is 0 Å². The van der Waals surface area contributed by atoms with Crippen LogP contribution in [0.15, 0.2) is 67.0 Å². The largest absolute Gasteiger partial charge is 0.368 e. The van der Waals surface area contributed by atoms with Gasteiger partial charge in [-0.25, -0.2) is 9.97 Å². The average molecular weight is 344 g/mol. The molecule has 0 bridgehead atoms. The van der Waals surface area contributed by atoms with E-state index in [1.165, 1.54) is 4.68 Å². The van der Waals surface area contributed by atoms with E-state index in [9.17, 15) is 4.79 Å². The summed E-state index contributed by atoms with van der Waals surface area (Å²) in [4.78, 5) is 20.3. The van der Waals surface area contributed by atoms with Crippen LogP contribution < -0.4 is 11.1 Å². The van der Waals surface area contributed by atoms with Gasteiger partial charge in [-0.1, -0.05) is 48.5 Å². The molecule has 0 saturated heterocycles. The normalized spacial score (nSPS) is 10.8. The summed E-state index contributed by atoms with van der Waals surface area (Å²) in [5.41, 5.74) is 8.57. The summed E-state index contributed by atoms with van der Waals surface area (Å²) < 4.78 is 1.46. The van der Waals surface area contributed by atoms with E-state index >= 15 is 0 Å². The number of carbonyl (C=O) groups excluding carboxylic acids is 1. The van der Waals surface area contributed by atoms with Crippen molar-refractivity contribution in [3.05, 3.63) is 67.0 Å². The predicted octanol–water partition coefficient (Wildman–Crippen LogP) is 2.72. The molecule has 0 radical (unpaired) electrons. The molecule has 0 unspecified atom stereocenters. The quantitative estimate of drug-likeness (QED) is 0.580. The number of hydrogen-bond donors (Lipinski definition) is 2. The molecule has 0 atom stereocenters. The SMILES string of the molecule is NC(=O)Cn1cc(Nc2nc(-c3ccccc3)c3ccccc3n2)cn1. The Morgan fingerprint density at radius 3 is 2.62 bits per heavy atom. The molecule has 2 aromatic carbocycles. The van der Waals surface area contributed by atoms with Crippen molar-refractivity contribution in [3.8, 4) is 11.3 Å². The van der Waals surface area contributed by atoms with Crippen LogP contribution in [0.3, 0.4) is 0 Å². The highest BCUT2D eigenvalue weighted by Crippen LogP contribution is 2.27. The number of hydrogen-bond acceptors (Lipinski definition) is 5. The number of nitrogens with one attached hydrogen (secondary N) is 1. The molecule has 0 saturated carbocycles. The van der Waals surface area contributed by atoms with Gasteiger partial charge in [0.25, 0.3) is 0 Å². The molecule has 0 aliphatic heterocycles. The van der Waals surface area contributed by atoms with E-state index in [1.807, 2.05) is 54.6 Å². The minimum absolute atomic E-state index is 0.0233. The molecule has 4 aromatic rings.